The normalized spacial score (nSPS) is 15.3. The van der Waals surface area contributed by atoms with Crippen molar-refractivity contribution in [1.29, 1.82) is 0 Å². The molecule has 0 unspecified atom stereocenters. The van der Waals surface area contributed by atoms with Gasteiger partial charge in [-0.15, -0.1) is 0 Å². The van der Waals surface area contributed by atoms with Crippen LogP contribution in [0.2, 0.25) is 0 Å². The van der Waals surface area contributed by atoms with Crippen molar-refractivity contribution >= 4 is 55.8 Å². The second-order valence-electron chi connectivity index (χ2n) is 22.5. The van der Waals surface area contributed by atoms with Crippen molar-refractivity contribution < 1.29 is 0 Å². The zero-order valence-corrected chi connectivity index (χ0v) is 42.2. The van der Waals surface area contributed by atoms with Gasteiger partial charge in [0.25, 0.3) is 0 Å². The third-order valence-electron chi connectivity index (χ3n) is 17.5. The Morgan fingerprint density at radius 2 is 0.712 bits per heavy atom. The molecule has 3 aliphatic rings. The van der Waals surface area contributed by atoms with Gasteiger partial charge >= 0.3 is 0 Å². The van der Waals surface area contributed by atoms with Gasteiger partial charge in [-0.05, 0) is 168 Å². The fraction of sp³-hybridized carbons (Fsp3) is 0.127. The lowest BCUT2D eigenvalue weighted by molar-refractivity contribution is 0.652. The molecule has 15 rings (SSSR count). The summed E-state index contributed by atoms with van der Waals surface area (Å²) in [5.41, 5.74) is 28.4. The van der Waals surface area contributed by atoms with Crippen LogP contribution in [0.1, 0.15) is 86.1 Å². The summed E-state index contributed by atoms with van der Waals surface area (Å²) < 4.78 is 4.85. The Hall–Kier alpha value is -8.46. The van der Waals surface area contributed by atoms with Crippen LogP contribution in [0.5, 0.6) is 0 Å². The van der Waals surface area contributed by atoms with Crippen molar-refractivity contribution in [3.05, 3.63) is 251 Å². The zero-order chi connectivity index (χ0) is 49.1. The van der Waals surface area contributed by atoms with Crippen molar-refractivity contribution in [1.82, 2.24) is 9.13 Å². The fourth-order valence-corrected chi connectivity index (χ4v) is 13.7. The number of benzene rings is 10. The molecule has 0 amide bonds. The minimum atomic E-state index is -0.166. The summed E-state index contributed by atoms with van der Waals surface area (Å²) in [6.45, 7) is 14.4. The topological polar surface area (TPSA) is 9.86 Å². The molecule has 348 valence electrons. The molecule has 0 aliphatic heterocycles. The van der Waals surface area contributed by atoms with E-state index in [0.29, 0.717) is 0 Å². The Morgan fingerprint density at radius 3 is 1.42 bits per heavy atom. The van der Waals surface area contributed by atoms with Gasteiger partial charge in [0.05, 0.1) is 22.1 Å². The Morgan fingerprint density at radius 1 is 0.274 bits per heavy atom. The minimum absolute atomic E-state index is 0.0651. The summed E-state index contributed by atoms with van der Waals surface area (Å²) in [5.74, 6) is 0. The average Bonchev–Trinajstić information content (AvgIpc) is 4.13. The van der Waals surface area contributed by atoms with Crippen molar-refractivity contribution in [2.45, 2.75) is 57.8 Å². The number of para-hydroxylation sites is 3. The third kappa shape index (κ3) is 5.87. The Balaban J connectivity index is 0.754. The molecule has 0 radical (unpaired) electrons. The first kappa shape index (κ1) is 42.2. The molecule has 3 aliphatic carbocycles. The van der Waals surface area contributed by atoms with E-state index >= 15 is 0 Å². The largest absolute Gasteiger partial charge is 0.309 e. The van der Waals surface area contributed by atoms with Crippen LogP contribution in [0.25, 0.3) is 112 Å². The van der Waals surface area contributed by atoms with E-state index in [2.05, 4.69) is 269 Å². The number of rotatable bonds is 5. The maximum Gasteiger partial charge on any atom is 0.0541 e. The highest BCUT2D eigenvalue weighted by Gasteiger charge is 2.42. The molecule has 2 nitrogen and oxygen atoms in total. The van der Waals surface area contributed by atoms with Crippen LogP contribution in [0.3, 0.4) is 0 Å². The van der Waals surface area contributed by atoms with E-state index in [-0.39, 0.29) is 16.2 Å². The first-order chi connectivity index (χ1) is 35.4. The average molecular weight is 935 g/mol. The highest BCUT2D eigenvalue weighted by Crippen LogP contribution is 2.57. The van der Waals surface area contributed by atoms with Crippen LogP contribution in [0.4, 0.5) is 0 Å². The van der Waals surface area contributed by atoms with E-state index in [1.54, 1.807) is 0 Å². The van der Waals surface area contributed by atoms with E-state index in [0.717, 1.165) is 0 Å². The van der Waals surface area contributed by atoms with E-state index in [1.807, 2.05) is 0 Å². The summed E-state index contributed by atoms with van der Waals surface area (Å²) in [5, 5.41) is 5.09. The van der Waals surface area contributed by atoms with E-state index in [1.165, 1.54) is 144 Å². The van der Waals surface area contributed by atoms with Gasteiger partial charge in [0, 0.05) is 49.2 Å². The lowest BCUT2D eigenvalue weighted by Crippen LogP contribution is -2.17. The molecule has 0 fully saturated rings. The van der Waals surface area contributed by atoms with Crippen LogP contribution < -0.4 is 0 Å². The second-order valence-corrected chi connectivity index (χ2v) is 22.5. The van der Waals surface area contributed by atoms with Crippen LogP contribution >= 0.6 is 0 Å². The zero-order valence-electron chi connectivity index (χ0n) is 42.2. The number of hydrogen-bond donors (Lipinski definition) is 0. The predicted molar refractivity (Wildman–Crippen MR) is 309 cm³/mol. The fourth-order valence-electron chi connectivity index (χ4n) is 13.7. The quantitative estimate of drug-likeness (QED) is 0.152. The van der Waals surface area contributed by atoms with Crippen LogP contribution in [0, 0.1) is 0 Å². The maximum atomic E-state index is 2.54. The van der Waals surface area contributed by atoms with Gasteiger partial charge < -0.3 is 9.13 Å². The molecular formula is C71H54N2. The Bertz CT molecular complexity index is 4390. The molecule has 10 aromatic carbocycles. The summed E-state index contributed by atoms with van der Waals surface area (Å²) in [6, 6.07) is 77.8. The smallest absolute Gasteiger partial charge is 0.0541 e. The molecule has 2 heteroatoms. The molecular weight excluding hydrogens is 881 g/mol. The molecule has 2 aromatic heterocycles. The molecule has 0 N–H and O–H groups in total. The summed E-state index contributed by atoms with van der Waals surface area (Å²) >= 11 is 0. The summed E-state index contributed by atoms with van der Waals surface area (Å²) in [6.07, 6.45) is 4.57. The molecule has 0 spiro atoms. The van der Waals surface area contributed by atoms with Gasteiger partial charge in [0.2, 0.25) is 0 Å². The Kier molecular flexibility index (Phi) is 8.57. The summed E-state index contributed by atoms with van der Waals surface area (Å²) in [7, 11) is 0. The molecule has 73 heavy (non-hydrogen) atoms. The van der Waals surface area contributed by atoms with Crippen molar-refractivity contribution in [2.75, 3.05) is 0 Å². The molecule has 0 saturated heterocycles. The van der Waals surface area contributed by atoms with Crippen molar-refractivity contribution in [2.24, 2.45) is 0 Å². The van der Waals surface area contributed by atoms with Gasteiger partial charge in [0.1, 0.15) is 0 Å². The van der Waals surface area contributed by atoms with Gasteiger partial charge in [-0.3, -0.25) is 0 Å². The number of aromatic nitrogens is 2. The lowest BCUT2D eigenvalue weighted by atomic mass is 9.79. The SMILES string of the molecule is CC1(C)c2ccccc2-c2ccc(-n3c4ccccc4c4cc(-c5ccc6c(c5)C(C)(C)c5cc7c(cc5-6)C(C)(C)c5cc(/C=C/c6ccc8c(c6)c6ccccc6n8-c6ccccc6)ccc5-7)ccc43)cc21. The van der Waals surface area contributed by atoms with E-state index < -0.39 is 0 Å². The third-order valence-corrected chi connectivity index (χ3v) is 17.5. The molecule has 2 heterocycles. The van der Waals surface area contributed by atoms with Gasteiger partial charge in [-0.2, -0.15) is 0 Å². The predicted octanol–water partition coefficient (Wildman–Crippen LogP) is 18.6. The highest BCUT2D eigenvalue weighted by atomic mass is 15.0. The summed E-state index contributed by atoms with van der Waals surface area (Å²) in [4.78, 5) is 0. The first-order valence-electron chi connectivity index (χ1n) is 26.0. The number of nitrogens with zero attached hydrogens (tertiary/aromatic N) is 2. The lowest BCUT2D eigenvalue weighted by Gasteiger charge is -2.24. The van der Waals surface area contributed by atoms with E-state index in [4.69, 9.17) is 0 Å². The van der Waals surface area contributed by atoms with Crippen LogP contribution in [-0.2, 0) is 16.2 Å². The molecule has 12 aromatic rings. The maximum absolute atomic E-state index is 2.54. The van der Waals surface area contributed by atoms with Gasteiger partial charge in [-0.1, -0.05) is 181 Å². The first-order valence-corrected chi connectivity index (χ1v) is 26.0. The molecule has 0 bridgehead atoms. The second kappa shape index (κ2) is 14.8. The highest BCUT2D eigenvalue weighted by molar-refractivity contribution is 6.11. The minimum Gasteiger partial charge on any atom is -0.309 e. The number of hydrogen-bond acceptors (Lipinski definition) is 0. The van der Waals surface area contributed by atoms with Gasteiger partial charge in [-0.25, -0.2) is 0 Å². The van der Waals surface area contributed by atoms with Crippen molar-refractivity contribution in [3.8, 4) is 55.9 Å². The van der Waals surface area contributed by atoms with E-state index in [9.17, 15) is 0 Å². The standard InChI is InChI=1S/C71H54N2/c1-69(2)59-21-13-10-18-49(59)50-33-30-48(40-62(50)69)73-66-23-15-12-20-54(66)58-38-45(29-35-68(58)73)46-28-32-52-56-42-63-55(41-64(56)71(5,6)61(52)39-46)51-31-26-44(37-60(51)70(63,3)4)25-24-43-27-34-67-57(36-43)53-19-11-14-22-65(53)72(67)47-16-8-7-9-17-47/h7-42H,1-6H3/b25-24+. The number of fused-ring (bicyclic) bond motifs is 15. The van der Waals surface area contributed by atoms with Crippen molar-refractivity contribution in [3.63, 3.8) is 0 Å². The monoisotopic (exact) mass is 934 g/mol. The molecule has 0 atom stereocenters. The van der Waals surface area contributed by atoms with Crippen LogP contribution in [-0.4, -0.2) is 9.13 Å². The van der Waals surface area contributed by atoms with Crippen LogP contribution in [0.15, 0.2) is 206 Å². The molecule has 0 saturated carbocycles. The van der Waals surface area contributed by atoms with Gasteiger partial charge in [0.15, 0.2) is 0 Å². The Labute approximate surface area is 427 Å².